The summed E-state index contributed by atoms with van der Waals surface area (Å²) >= 11 is 0. The van der Waals surface area contributed by atoms with Crippen LogP contribution in [0.5, 0.6) is 0 Å². The van der Waals surface area contributed by atoms with Gasteiger partial charge in [0.2, 0.25) is 0 Å². The van der Waals surface area contributed by atoms with E-state index in [4.69, 9.17) is 4.74 Å². The zero-order valence-electron chi connectivity index (χ0n) is 14.2. The molecule has 1 aliphatic heterocycles. The molecular formula is C16H32N2O3. The maximum absolute atomic E-state index is 12.1. The first-order valence-electron chi connectivity index (χ1n) is 8.05. The molecule has 0 aromatic heterocycles. The molecule has 1 saturated heterocycles. The van der Waals surface area contributed by atoms with E-state index < -0.39 is 5.60 Å². The zero-order chi connectivity index (χ0) is 16.0. The van der Waals surface area contributed by atoms with Gasteiger partial charge in [-0.15, -0.1) is 0 Å². The van der Waals surface area contributed by atoms with Gasteiger partial charge in [-0.25, -0.2) is 4.79 Å². The lowest BCUT2D eigenvalue weighted by molar-refractivity contribution is 0.0163. The Morgan fingerprint density at radius 1 is 1.43 bits per heavy atom. The van der Waals surface area contributed by atoms with Crippen molar-refractivity contribution in [1.82, 2.24) is 10.2 Å². The molecule has 0 aromatic carbocycles. The first kappa shape index (κ1) is 18.2. The predicted octanol–water partition coefficient (Wildman–Crippen LogP) is 2.24. The summed E-state index contributed by atoms with van der Waals surface area (Å²) in [6.07, 6.45) is 1.91. The standard InChI is InChI=1S/C16H32N2O3/c1-12(2)14(11-19)17-9-13-7-6-8-18(10-13)15(20)21-16(3,4)5/h12-14,17,19H,6-11H2,1-5H3. The number of likely N-dealkylation sites (tertiary alicyclic amines) is 1. The van der Waals surface area contributed by atoms with E-state index in [2.05, 4.69) is 19.2 Å². The summed E-state index contributed by atoms with van der Waals surface area (Å²) in [5, 5.41) is 12.8. The summed E-state index contributed by atoms with van der Waals surface area (Å²) in [7, 11) is 0. The van der Waals surface area contributed by atoms with Gasteiger partial charge in [-0.05, 0) is 45.4 Å². The van der Waals surface area contributed by atoms with Crippen molar-refractivity contribution < 1.29 is 14.6 Å². The van der Waals surface area contributed by atoms with Crippen LogP contribution in [0, 0.1) is 11.8 Å². The van der Waals surface area contributed by atoms with Crippen LogP contribution in [0.3, 0.4) is 0 Å². The third-order valence-corrected chi connectivity index (χ3v) is 3.84. The minimum atomic E-state index is -0.443. The van der Waals surface area contributed by atoms with Crippen molar-refractivity contribution in [2.75, 3.05) is 26.2 Å². The van der Waals surface area contributed by atoms with Gasteiger partial charge in [0.1, 0.15) is 5.60 Å². The van der Waals surface area contributed by atoms with Crippen molar-refractivity contribution in [2.24, 2.45) is 11.8 Å². The van der Waals surface area contributed by atoms with Gasteiger partial charge in [-0.1, -0.05) is 13.8 Å². The molecule has 0 spiro atoms. The number of carbonyl (C=O) groups excluding carboxylic acids is 1. The molecule has 1 amide bonds. The maximum Gasteiger partial charge on any atom is 0.410 e. The van der Waals surface area contributed by atoms with E-state index in [1.807, 2.05) is 25.7 Å². The highest BCUT2D eigenvalue weighted by atomic mass is 16.6. The quantitative estimate of drug-likeness (QED) is 0.817. The second-order valence-corrected chi connectivity index (χ2v) is 7.38. The molecule has 2 atom stereocenters. The number of piperidine rings is 1. The zero-order valence-corrected chi connectivity index (χ0v) is 14.2. The molecule has 0 aromatic rings. The SMILES string of the molecule is CC(C)C(CO)NCC1CCCN(C(=O)OC(C)(C)C)C1. The minimum Gasteiger partial charge on any atom is -0.444 e. The van der Waals surface area contributed by atoms with Crippen LogP contribution in [0.15, 0.2) is 0 Å². The second kappa shape index (κ2) is 7.99. The number of nitrogens with one attached hydrogen (secondary N) is 1. The summed E-state index contributed by atoms with van der Waals surface area (Å²) in [5.74, 6) is 0.833. The van der Waals surface area contributed by atoms with Crippen molar-refractivity contribution in [3.05, 3.63) is 0 Å². The summed E-state index contributed by atoms with van der Waals surface area (Å²) in [6, 6.07) is 0.127. The van der Waals surface area contributed by atoms with Gasteiger partial charge in [0.25, 0.3) is 0 Å². The third-order valence-electron chi connectivity index (χ3n) is 3.84. The van der Waals surface area contributed by atoms with Gasteiger partial charge < -0.3 is 20.1 Å². The molecule has 1 fully saturated rings. The molecule has 0 aliphatic carbocycles. The fourth-order valence-corrected chi connectivity index (χ4v) is 2.55. The van der Waals surface area contributed by atoms with Crippen LogP contribution < -0.4 is 5.32 Å². The number of aliphatic hydroxyl groups is 1. The Morgan fingerprint density at radius 3 is 2.62 bits per heavy atom. The largest absolute Gasteiger partial charge is 0.444 e. The average Bonchev–Trinajstić information content (AvgIpc) is 2.37. The molecule has 0 bridgehead atoms. The average molecular weight is 300 g/mol. The molecule has 21 heavy (non-hydrogen) atoms. The van der Waals surface area contributed by atoms with E-state index in [-0.39, 0.29) is 18.7 Å². The molecule has 124 valence electrons. The van der Waals surface area contributed by atoms with E-state index in [0.29, 0.717) is 11.8 Å². The molecule has 2 N–H and O–H groups in total. The molecule has 1 aliphatic rings. The summed E-state index contributed by atoms with van der Waals surface area (Å²) in [6.45, 7) is 12.4. The Hall–Kier alpha value is -0.810. The molecule has 5 nitrogen and oxygen atoms in total. The molecule has 1 rings (SSSR count). The molecule has 2 unspecified atom stereocenters. The van der Waals surface area contributed by atoms with Crippen LogP contribution in [0.25, 0.3) is 0 Å². The molecular weight excluding hydrogens is 268 g/mol. The van der Waals surface area contributed by atoms with Crippen molar-refractivity contribution in [3.8, 4) is 0 Å². The van der Waals surface area contributed by atoms with Crippen LogP contribution in [-0.2, 0) is 4.74 Å². The van der Waals surface area contributed by atoms with Gasteiger partial charge in [0, 0.05) is 25.7 Å². The topological polar surface area (TPSA) is 61.8 Å². The fraction of sp³-hybridized carbons (Fsp3) is 0.938. The van der Waals surface area contributed by atoms with E-state index in [0.717, 1.165) is 32.5 Å². The number of aliphatic hydroxyl groups excluding tert-OH is 1. The van der Waals surface area contributed by atoms with Crippen molar-refractivity contribution in [1.29, 1.82) is 0 Å². The number of hydrogen-bond acceptors (Lipinski definition) is 4. The Labute approximate surface area is 129 Å². The molecule has 0 saturated carbocycles. The number of carbonyl (C=O) groups is 1. The van der Waals surface area contributed by atoms with Crippen LogP contribution >= 0.6 is 0 Å². The number of rotatable bonds is 5. The van der Waals surface area contributed by atoms with E-state index >= 15 is 0 Å². The molecule has 0 radical (unpaired) electrons. The highest BCUT2D eigenvalue weighted by Crippen LogP contribution is 2.19. The van der Waals surface area contributed by atoms with Gasteiger partial charge in [0.15, 0.2) is 0 Å². The highest BCUT2D eigenvalue weighted by molar-refractivity contribution is 5.68. The highest BCUT2D eigenvalue weighted by Gasteiger charge is 2.28. The Morgan fingerprint density at radius 2 is 2.10 bits per heavy atom. The number of nitrogens with zero attached hydrogens (tertiary/aromatic N) is 1. The van der Waals surface area contributed by atoms with Crippen LogP contribution in [-0.4, -0.2) is 54.0 Å². The predicted molar refractivity (Wildman–Crippen MR) is 84.2 cm³/mol. The Kier molecular flexibility index (Phi) is 6.94. The molecule has 5 heteroatoms. The first-order chi connectivity index (χ1) is 9.73. The van der Waals surface area contributed by atoms with Gasteiger partial charge in [0.05, 0.1) is 6.61 Å². The lowest BCUT2D eigenvalue weighted by atomic mass is 9.97. The molecule has 1 heterocycles. The third kappa shape index (κ3) is 6.66. The summed E-state index contributed by atoms with van der Waals surface area (Å²) < 4.78 is 5.44. The first-order valence-corrected chi connectivity index (χ1v) is 8.05. The van der Waals surface area contributed by atoms with Crippen molar-refractivity contribution in [2.45, 2.75) is 59.1 Å². The van der Waals surface area contributed by atoms with Crippen LogP contribution in [0.1, 0.15) is 47.5 Å². The lowest BCUT2D eigenvalue weighted by Crippen LogP contribution is -2.47. The van der Waals surface area contributed by atoms with Gasteiger partial charge >= 0.3 is 6.09 Å². The van der Waals surface area contributed by atoms with Gasteiger partial charge in [-0.3, -0.25) is 0 Å². The van der Waals surface area contributed by atoms with Crippen molar-refractivity contribution >= 4 is 6.09 Å². The van der Waals surface area contributed by atoms with E-state index in [1.54, 1.807) is 0 Å². The van der Waals surface area contributed by atoms with Crippen LogP contribution in [0.4, 0.5) is 4.79 Å². The van der Waals surface area contributed by atoms with E-state index in [1.165, 1.54) is 0 Å². The maximum atomic E-state index is 12.1. The normalized spacial score (nSPS) is 21.5. The second-order valence-electron chi connectivity index (χ2n) is 7.38. The number of amides is 1. The van der Waals surface area contributed by atoms with Crippen LogP contribution in [0.2, 0.25) is 0 Å². The fourth-order valence-electron chi connectivity index (χ4n) is 2.55. The Balaban J connectivity index is 2.43. The summed E-state index contributed by atoms with van der Waals surface area (Å²) in [5.41, 5.74) is -0.443. The number of hydrogen-bond donors (Lipinski definition) is 2. The summed E-state index contributed by atoms with van der Waals surface area (Å²) in [4.78, 5) is 13.9. The monoisotopic (exact) mass is 300 g/mol. The number of ether oxygens (including phenoxy) is 1. The minimum absolute atomic E-state index is 0.127. The Bertz CT molecular complexity index is 326. The van der Waals surface area contributed by atoms with Gasteiger partial charge in [-0.2, -0.15) is 0 Å². The van der Waals surface area contributed by atoms with Crippen molar-refractivity contribution in [3.63, 3.8) is 0 Å². The van der Waals surface area contributed by atoms with E-state index in [9.17, 15) is 9.90 Å². The lowest BCUT2D eigenvalue weighted by Gasteiger charge is -2.35. The smallest absolute Gasteiger partial charge is 0.410 e.